The van der Waals surface area contributed by atoms with Crippen LogP contribution in [0.4, 0.5) is 13.2 Å². The topological polar surface area (TPSA) is 72.5 Å². The van der Waals surface area contributed by atoms with E-state index in [9.17, 15) is 18.0 Å². The minimum Gasteiger partial charge on any atom is -0.481 e. The van der Waals surface area contributed by atoms with Crippen molar-refractivity contribution in [1.82, 2.24) is 0 Å². The van der Waals surface area contributed by atoms with Gasteiger partial charge in [0.05, 0.1) is 6.42 Å². The van der Waals surface area contributed by atoms with Crippen LogP contribution in [0.25, 0.3) is 11.1 Å². The van der Waals surface area contributed by atoms with Gasteiger partial charge in [0.25, 0.3) is 0 Å². The third kappa shape index (κ3) is 4.99. The van der Waals surface area contributed by atoms with Crippen LogP contribution in [-0.2, 0) is 4.79 Å². The summed E-state index contributed by atoms with van der Waals surface area (Å²) >= 11 is 0. The number of hydrogen-bond donors (Lipinski definition) is 2. The van der Waals surface area contributed by atoms with Crippen LogP contribution in [0.5, 0.6) is 5.75 Å². The normalized spacial score (nSPS) is 12.7. The summed E-state index contributed by atoms with van der Waals surface area (Å²) in [5, 5.41) is 8.84. The number of ether oxygens (including phenoxy) is 1. The first-order valence-electron chi connectivity index (χ1n) is 7.09. The van der Waals surface area contributed by atoms with Gasteiger partial charge >= 0.3 is 12.3 Å². The maximum absolute atomic E-state index is 12.3. The van der Waals surface area contributed by atoms with Gasteiger partial charge in [-0.15, -0.1) is 13.2 Å². The van der Waals surface area contributed by atoms with Crippen molar-refractivity contribution in [3.05, 3.63) is 53.6 Å². The van der Waals surface area contributed by atoms with Crippen molar-refractivity contribution in [2.45, 2.75) is 25.7 Å². The van der Waals surface area contributed by atoms with Gasteiger partial charge < -0.3 is 15.6 Å². The van der Waals surface area contributed by atoms with E-state index in [0.29, 0.717) is 16.7 Å². The van der Waals surface area contributed by atoms with E-state index in [1.807, 2.05) is 0 Å². The van der Waals surface area contributed by atoms with Crippen LogP contribution < -0.4 is 10.5 Å². The van der Waals surface area contributed by atoms with Crippen LogP contribution in [0.3, 0.4) is 0 Å². The molecule has 0 amide bonds. The van der Waals surface area contributed by atoms with E-state index in [1.165, 1.54) is 18.2 Å². The van der Waals surface area contributed by atoms with E-state index in [4.69, 9.17) is 10.8 Å². The van der Waals surface area contributed by atoms with Crippen molar-refractivity contribution in [3.8, 4) is 16.9 Å². The van der Waals surface area contributed by atoms with Crippen molar-refractivity contribution in [1.29, 1.82) is 0 Å². The summed E-state index contributed by atoms with van der Waals surface area (Å²) in [6.07, 6.45) is -5.00. The fourth-order valence-electron chi connectivity index (χ4n) is 2.37. The van der Waals surface area contributed by atoms with Crippen molar-refractivity contribution in [2.24, 2.45) is 5.73 Å². The average molecular weight is 339 g/mol. The second-order valence-corrected chi connectivity index (χ2v) is 5.41. The highest BCUT2D eigenvalue weighted by Gasteiger charge is 2.31. The molecule has 0 aliphatic rings. The van der Waals surface area contributed by atoms with Crippen LogP contribution in [0.1, 0.15) is 23.6 Å². The SMILES string of the molecule is Cc1cc(-c2cccc(OC(F)(F)F)c2)cc(C(N)CC(=O)O)c1. The van der Waals surface area contributed by atoms with E-state index in [1.54, 1.807) is 31.2 Å². The zero-order valence-electron chi connectivity index (χ0n) is 12.8. The fourth-order valence-corrected chi connectivity index (χ4v) is 2.37. The highest BCUT2D eigenvalue weighted by atomic mass is 19.4. The number of carboxylic acid groups (broad SMARTS) is 1. The summed E-state index contributed by atoms with van der Waals surface area (Å²) in [7, 11) is 0. The van der Waals surface area contributed by atoms with Gasteiger partial charge in [0.15, 0.2) is 0 Å². The molecule has 3 N–H and O–H groups in total. The standard InChI is InChI=1S/C17H16F3NO3/c1-10-5-12(7-13(6-10)15(21)9-16(22)23)11-3-2-4-14(8-11)24-17(18,19)20/h2-8,15H,9,21H2,1H3,(H,22,23). The maximum Gasteiger partial charge on any atom is 0.573 e. The molecule has 0 saturated carbocycles. The molecule has 2 rings (SSSR count). The van der Waals surface area contributed by atoms with Crippen molar-refractivity contribution in [3.63, 3.8) is 0 Å². The van der Waals surface area contributed by atoms with Crippen LogP contribution in [0.15, 0.2) is 42.5 Å². The Labute approximate surface area is 136 Å². The molecule has 2 aromatic carbocycles. The average Bonchev–Trinajstić information content (AvgIpc) is 2.44. The minimum absolute atomic E-state index is 0.236. The zero-order valence-corrected chi connectivity index (χ0v) is 12.8. The van der Waals surface area contributed by atoms with E-state index in [0.717, 1.165) is 5.56 Å². The van der Waals surface area contributed by atoms with Crippen molar-refractivity contribution < 1.29 is 27.8 Å². The maximum atomic E-state index is 12.3. The van der Waals surface area contributed by atoms with E-state index in [-0.39, 0.29) is 12.2 Å². The molecule has 0 aliphatic carbocycles. The Balaban J connectivity index is 2.37. The lowest BCUT2D eigenvalue weighted by Gasteiger charge is -2.14. The molecule has 1 atom stereocenters. The lowest BCUT2D eigenvalue weighted by atomic mass is 9.96. The number of carboxylic acids is 1. The van der Waals surface area contributed by atoms with Gasteiger partial charge in [-0.05, 0) is 41.8 Å². The highest BCUT2D eigenvalue weighted by molar-refractivity contribution is 5.69. The largest absolute Gasteiger partial charge is 0.573 e. The number of carbonyl (C=O) groups is 1. The first-order valence-corrected chi connectivity index (χ1v) is 7.09. The van der Waals surface area contributed by atoms with E-state index < -0.39 is 18.4 Å². The summed E-state index contributed by atoms with van der Waals surface area (Å²) < 4.78 is 40.9. The quantitative estimate of drug-likeness (QED) is 0.862. The molecule has 128 valence electrons. The molecule has 0 aliphatic heterocycles. The molecule has 0 aromatic heterocycles. The van der Waals surface area contributed by atoms with E-state index >= 15 is 0 Å². The number of hydrogen-bond acceptors (Lipinski definition) is 3. The molecular formula is C17H16F3NO3. The Hall–Kier alpha value is -2.54. The summed E-state index contributed by atoms with van der Waals surface area (Å²) in [6, 6.07) is 10.1. The monoisotopic (exact) mass is 339 g/mol. The van der Waals surface area contributed by atoms with Gasteiger partial charge in [-0.2, -0.15) is 0 Å². The molecule has 0 heterocycles. The number of aliphatic carboxylic acids is 1. The van der Waals surface area contributed by atoms with Gasteiger partial charge in [0.1, 0.15) is 5.75 Å². The second-order valence-electron chi connectivity index (χ2n) is 5.41. The first-order chi connectivity index (χ1) is 11.1. The number of benzene rings is 2. The predicted molar refractivity (Wildman–Crippen MR) is 82.5 cm³/mol. The van der Waals surface area contributed by atoms with Gasteiger partial charge in [0.2, 0.25) is 0 Å². The minimum atomic E-state index is -4.76. The summed E-state index contributed by atoms with van der Waals surface area (Å²) in [5.41, 5.74) is 8.46. The Morgan fingerprint density at radius 3 is 2.54 bits per heavy atom. The number of aryl methyl sites for hydroxylation is 1. The highest BCUT2D eigenvalue weighted by Crippen LogP contribution is 2.30. The van der Waals surface area contributed by atoms with Gasteiger partial charge in [-0.1, -0.05) is 29.8 Å². The summed E-state index contributed by atoms with van der Waals surface area (Å²) in [6.45, 7) is 1.80. The van der Waals surface area contributed by atoms with Crippen LogP contribution in [-0.4, -0.2) is 17.4 Å². The number of nitrogens with two attached hydrogens (primary N) is 1. The van der Waals surface area contributed by atoms with Crippen molar-refractivity contribution in [2.75, 3.05) is 0 Å². The van der Waals surface area contributed by atoms with Crippen LogP contribution >= 0.6 is 0 Å². The van der Waals surface area contributed by atoms with Crippen LogP contribution in [0, 0.1) is 6.92 Å². The summed E-state index contributed by atoms with van der Waals surface area (Å²) in [4.78, 5) is 10.8. The third-order valence-electron chi connectivity index (χ3n) is 3.32. The fraction of sp³-hybridized carbons (Fsp3) is 0.235. The van der Waals surface area contributed by atoms with Gasteiger partial charge in [-0.25, -0.2) is 0 Å². The molecule has 0 fully saturated rings. The van der Waals surface area contributed by atoms with Gasteiger partial charge in [0, 0.05) is 6.04 Å². The molecular weight excluding hydrogens is 323 g/mol. The molecule has 2 aromatic rings. The molecule has 0 bridgehead atoms. The Kier molecular flexibility index (Phi) is 5.14. The smallest absolute Gasteiger partial charge is 0.481 e. The molecule has 0 saturated heterocycles. The Morgan fingerprint density at radius 2 is 1.92 bits per heavy atom. The molecule has 4 nitrogen and oxygen atoms in total. The Bertz CT molecular complexity index is 744. The van der Waals surface area contributed by atoms with Crippen molar-refractivity contribution >= 4 is 5.97 Å². The first kappa shape index (κ1) is 17.8. The molecule has 24 heavy (non-hydrogen) atoms. The van der Waals surface area contributed by atoms with E-state index in [2.05, 4.69) is 4.74 Å². The van der Waals surface area contributed by atoms with Crippen LogP contribution in [0.2, 0.25) is 0 Å². The number of halogens is 3. The number of alkyl halides is 3. The second kappa shape index (κ2) is 6.92. The molecule has 1 unspecified atom stereocenters. The predicted octanol–water partition coefficient (Wildman–Crippen LogP) is 4.04. The summed E-state index contributed by atoms with van der Waals surface area (Å²) in [5.74, 6) is -1.34. The lowest BCUT2D eigenvalue weighted by molar-refractivity contribution is -0.274. The molecule has 7 heteroatoms. The molecule has 0 spiro atoms. The van der Waals surface area contributed by atoms with Gasteiger partial charge in [-0.3, -0.25) is 4.79 Å². The molecule has 0 radical (unpaired) electrons. The third-order valence-corrected chi connectivity index (χ3v) is 3.32. The lowest BCUT2D eigenvalue weighted by Crippen LogP contribution is -2.17. The Morgan fingerprint density at radius 1 is 1.21 bits per heavy atom. The zero-order chi connectivity index (χ0) is 17.9. The number of rotatable bonds is 5.